The molecule has 0 aliphatic carbocycles. The predicted molar refractivity (Wildman–Crippen MR) is 71.2 cm³/mol. The Balaban J connectivity index is 2.05. The molecule has 0 saturated carbocycles. The van der Waals surface area contributed by atoms with E-state index in [0.29, 0.717) is 0 Å². The lowest BCUT2D eigenvalue weighted by molar-refractivity contribution is -0.136. The molecule has 1 aromatic rings. The Hall–Kier alpha value is -1.35. The molecule has 1 heterocycles. The Kier molecular flexibility index (Phi) is 3.71. The lowest BCUT2D eigenvalue weighted by atomic mass is 10.1. The Morgan fingerprint density at radius 1 is 1.11 bits per heavy atom. The van der Waals surface area contributed by atoms with E-state index >= 15 is 0 Å². The van der Waals surface area contributed by atoms with Crippen LogP contribution in [0.1, 0.15) is 39.4 Å². The molecule has 18 heavy (non-hydrogen) atoms. The lowest BCUT2D eigenvalue weighted by Gasteiger charge is -2.30. The van der Waals surface area contributed by atoms with E-state index in [4.69, 9.17) is 4.74 Å². The van der Waals surface area contributed by atoms with Gasteiger partial charge in [0.25, 0.3) is 5.91 Å². The van der Waals surface area contributed by atoms with Crippen molar-refractivity contribution in [2.24, 2.45) is 0 Å². The topological polar surface area (TPSA) is 32.8 Å². The molecule has 1 aliphatic heterocycles. The highest BCUT2D eigenvalue weighted by Crippen LogP contribution is 2.40. The van der Waals surface area contributed by atoms with Crippen molar-refractivity contribution < 1.29 is 9.53 Å². The van der Waals surface area contributed by atoms with Crippen LogP contribution in [0.25, 0.3) is 0 Å². The SMILES string of the molecule is CC(C)N(C(=O)[C@H]1O[C@@H]1c1ccccc1)C(C)C. The molecule has 0 unspecified atom stereocenters. The van der Waals surface area contributed by atoms with Crippen molar-refractivity contribution in [3.8, 4) is 0 Å². The number of hydrogen-bond acceptors (Lipinski definition) is 2. The summed E-state index contributed by atoms with van der Waals surface area (Å²) >= 11 is 0. The number of carbonyl (C=O) groups is 1. The molecule has 2 atom stereocenters. The Morgan fingerprint density at radius 2 is 1.67 bits per heavy atom. The third kappa shape index (κ3) is 2.56. The molecule has 3 heteroatoms. The second kappa shape index (κ2) is 5.11. The van der Waals surface area contributed by atoms with Gasteiger partial charge in [-0.15, -0.1) is 0 Å². The zero-order chi connectivity index (χ0) is 13.3. The Morgan fingerprint density at radius 3 is 2.17 bits per heavy atom. The zero-order valence-corrected chi connectivity index (χ0v) is 11.5. The molecule has 1 amide bonds. The number of benzene rings is 1. The molecule has 1 fully saturated rings. The van der Waals surface area contributed by atoms with Crippen molar-refractivity contribution in [3.63, 3.8) is 0 Å². The van der Waals surface area contributed by atoms with Crippen LogP contribution < -0.4 is 0 Å². The van der Waals surface area contributed by atoms with Crippen LogP contribution in [0.5, 0.6) is 0 Å². The highest BCUT2D eigenvalue weighted by molar-refractivity contribution is 5.84. The van der Waals surface area contributed by atoms with Gasteiger partial charge < -0.3 is 9.64 Å². The van der Waals surface area contributed by atoms with Crippen molar-refractivity contribution in [2.75, 3.05) is 0 Å². The van der Waals surface area contributed by atoms with Gasteiger partial charge in [-0.2, -0.15) is 0 Å². The minimum atomic E-state index is -0.294. The second-order valence-corrected chi connectivity index (χ2v) is 5.32. The van der Waals surface area contributed by atoms with E-state index in [-0.39, 0.29) is 30.2 Å². The van der Waals surface area contributed by atoms with Crippen molar-refractivity contribution in [3.05, 3.63) is 35.9 Å². The highest BCUT2D eigenvalue weighted by atomic mass is 16.6. The molecule has 1 aromatic carbocycles. The summed E-state index contributed by atoms with van der Waals surface area (Å²) in [5, 5.41) is 0. The van der Waals surface area contributed by atoms with Gasteiger partial charge in [-0.3, -0.25) is 4.79 Å². The summed E-state index contributed by atoms with van der Waals surface area (Å²) < 4.78 is 5.55. The van der Waals surface area contributed by atoms with Gasteiger partial charge in [0.2, 0.25) is 0 Å². The monoisotopic (exact) mass is 247 g/mol. The van der Waals surface area contributed by atoms with Crippen LogP contribution in [-0.4, -0.2) is 29.0 Å². The quantitative estimate of drug-likeness (QED) is 0.766. The number of nitrogens with zero attached hydrogens (tertiary/aromatic N) is 1. The van der Waals surface area contributed by atoms with Crippen molar-refractivity contribution in [1.29, 1.82) is 0 Å². The normalized spacial score (nSPS) is 22.3. The fourth-order valence-electron chi connectivity index (χ4n) is 2.45. The van der Waals surface area contributed by atoms with Gasteiger partial charge in [-0.05, 0) is 33.3 Å². The van der Waals surface area contributed by atoms with Gasteiger partial charge >= 0.3 is 0 Å². The molecule has 0 spiro atoms. The maximum absolute atomic E-state index is 12.4. The van der Waals surface area contributed by atoms with Crippen LogP contribution >= 0.6 is 0 Å². The van der Waals surface area contributed by atoms with Gasteiger partial charge in [0.05, 0.1) is 0 Å². The van der Waals surface area contributed by atoms with Crippen LogP contribution in [-0.2, 0) is 9.53 Å². The highest BCUT2D eigenvalue weighted by Gasteiger charge is 2.48. The molecule has 0 radical (unpaired) electrons. The fraction of sp³-hybridized carbons (Fsp3) is 0.533. The number of rotatable bonds is 4. The van der Waals surface area contributed by atoms with Gasteiger partial charge in [0, 0.05) is 12.1 Å². The van der Waals surface area contributed by atoms with Crippen molar-refractivity contribution >= 4 is 5.91 Å². The number of ether oxygens (including phenoxy) is 1. The number of amides is 1. The van der Waals surface area contributed by atoms with Crippen LogP contribution in [0.3, 0.4) is 0 Å². The van der Waals surface area contributed by atoms with E-state index < -0.39 is 0 Å². The van der Waals surface area contributed by atoms with Gasteiger partial charge in [-0.1, -0.05) is 30.3 Å². The number of carbonyl (C=O) groups excluding carboxylic acids is 1. The minimum Gasteiger partial charge on any atom is -0.354 e. The summed E-state index contributed by atoms with van der Waals surface area (Å²) in [5.41, 5.74) is 1.09. The Bertz CT molecular complexity index is 406. The Labute approximate surface area is 109 Å². The third-order valence-electron chi connectivity index (χ3n) is 3.23. The summed E-state index contributed by atoms with van der Waals surface area (Å²) in [5.74, 6) is 0.105. The summed E-state index contributed by atoms with van der Waals surface area (Å²) in [7, 11) is 0. The smallest absolute Gasteiger partial charge is 0.255 e. The van der Waals surface area contributed by atoms with E-state index in [1.807, 2.05) is 62.9 Å². The van der Waals surface area contributed by atoms with Gasteiger partial charge in [0.1, 0.15) is 6.10 Å². The van der Waals surface area contributed by atoms with E-state index in [1.54, 1.807) is 0 Å². The van der Waals surface area contributed by atoms with Crippen molar-refractivity contribution in [1.82, 2.24) is 4.90 Å². The summed E-state index contributed by atoms with van der Waals surface area (Å²) in [6.45, 7) is 8.16. The standard InChI is InChI=1S/C15H21NO2/c1-10(2)16(11(3)4)15(17)14-13(18-14)12-8-6-5-7-9-12/h5-11,13-14H,1-4H3/t13-,14+/m1/s1. The van der Waals surface area contributed by atoms with Gasteiger partial charge in [0.15, 0.2) is 6.10 Å². The molecular weight excluding hydrogens is 226 g/mol. The molecule has 0 aromatic heterocycles. The maximum atomic E-state index is 12.4. The van der Waals surface area contributed by atoms with E-state index in [1.165, 1.54) is 0 Å². The van der Waals surface area contributed by atoms with Gasteiger partial charge in [-0.25, -0.2) is 0 Å². The first-order valence-corrected chi connectivity index (χ1v) is 6.55. The molecule has 1 saturated heterocycles. The predicted octanol–water partition coefficient (Wildman–Crippen LogP) is 2.77. The molecule has 98 valence electrons. The summed E-state index contributed by atoms with van der Waals surface area (Å²) in [4.78, 5) is 14.3. The summed E-state index contributed by atoms with van der Waals surface area (Å²) in [6.07, 6.45) is -0.351. The van der Waals surface area contributed by atoms with Crippen LogP contribution in [0, 0.1) is 0 Å². The van der Waals surface area contributed by atoms with E-state index in [9.17, 15) is 4.79 Å². The minimum absolute atomic E-state index is 0.0568. The van der Waals surface area contributed by atoms with Crippen LogP contribution in [0.4, 0.5) is 0 Å². The molecule has 0 N–H and O–H groups in total. The lowest BCUT2D eigenvalue weighted by Crippen LogP contribution is -2.44. The molecule has 3 nitrogen and oxygen atoms in total. The second-order valence-electron chi connectivity index (χ2n) is 5.32. The molecular formula is C15H21NO2. The average molecular weight is 247 g/mol. The summed E-state index contributed by atoms with van der Waals surface area (Å²) in [6, 6.07) is 10.3. The first kappa shape index (κ1) is 13.1. The molecule has 2 rings (SSSR count). The van der Waals surface area contributed by atoms with Crippen molar-refractivity contribution in [2.45, 2.75) is 52.0 Å². The molecule has 0 bridgehead atoms. The zero-order valence-electron chi connectivity index (χ0n) is 11.5. The fourth-order valence-corrected chi connectivity index (χ4v) is 2.45. The average Bonchev–Trinajstić information content (AvgIpc) is 3.09. The maximum Gasteiger partial charge on any atom is 0.255 e. The number of epoxide rings is 1. The first-order chi connectivity index (χ1) is 8.52. The number of hydrogen-bond donors (Lipinski definition) is 0. The third-order valence-corrected chi connectivity index (χ3v) is 3.23. The van der Waals surface area contributed by atoms with E-state index in [2.05, 4.69) is 0 Å². The van der Waals surface area contributed by atoms with Crippen LogP contribution in [0.2, 0.25) is 0 Å². The van der Waals surface area contributed by atoms with Crippen LogP contribution in [0.15, 0.2) is 30.3 Å². The largest absolute Gasteiger partial charge is 0.354 e. The molecule has 1 aliphatic rings. The first-order valence-electron chi connectivity index (χ1n) is 6.55. The van der Waals surface area contributed by atoms with E-state index in [0.717, 1.165) is 5.56 Å².